The van der Waals surface area contributed by atoms with Gasteiger partial charge in [0.1, 0.15) is 10.8 Å². The average molecular weight is 619 g/mol. The van der Waals surface area contributed by atoms with Crippen molar-refractivity contribution in [2.45, 2.75) is 68.7 Å². The van der Waals surface area contributed by atoms with Crippen molar-refractivity contribution in [2.24, 2.45) is 0 Å². The molecule has 2 aliphatic heterocycles. The number of aromatic nitrogens is 2. The first-order valence-electron chi connectivity index (χ1n) is 14.2. The minimum Gasteiger partial charge on any atom is -0.406 e. The molecule has 42 heavy (non-hydrogen) atoms. The van der Waals surface area contributed by atoms with Crippen molar-refractivity contribution in [3.05, 3.63) is 45.8 Å². The van der Waals surface area contributed by atoms with Gasteiger partial charge in [0.2, 0.25) is 0 Å². The monoisotopic (exact) mass is 618 g/mol. The van der Waals surface area contributed by atoms with Crippen LogP contribution in [0.5, 0.6) is 5.75 Å². The summed E-state index contributed by atoms with van der Waals surface area (Å²) in [5.74, 6) is -0.291. The molecular weight excluding hydrogens is 584 g/mol. The van der Waals surface area contributed by atoms with Gasteiger partial charge in [-0.2, -0.15) is 5.10 Å². The molecule has 2 aromatic rings. The van der Waals surface area contributed by atoms with Gasteiger partial charge in [0.25, 0.3) is 5.56 Å². The number of hydrogen-bond donors (Lipinski definition) is 1. The molecule has 14 heteroatoms. The van der Waals surface area contributed by atoms with Crippen molar-refractivity contribution in [1.82, 2.24) is 9.78 Å². The van der Waals surface area contributed by atoms with Gasteiger partial charge in [-0.05, 0) is 62.8 Å². The van der Waals surface area contributed by atoms with Crippen LogP contribution in [-0.2, 0) is 14.2 Å². The summed E-state index contributed by atoms with van der Waals surface area (Å²) in [5.41, 5.74) is -0.943. The summed E-state index contributed by atoms with van der Waals surface area (Å²) in [4.78, 5) is 15.3. The van der Waals surface area contributed by atoms with Gasteiger partial charge in [-0.1, -0.05) is 11.6 Å². The first-order valence-corrected chi connectivity index (χ1v) is 14.6. The molecule has 1 aromatic carbocycles. The summed E-state index contributed by atoms with van der Waals surface area (Å²) in [6.07, 6.45) is 0.187. The summed E-state index contributed by atoms with van der Waals surface area (Å²) in [6.45, 7) is 2.43. The van der Waals surface area contributed by atoms with Crippen molar-refractivity contribution < 1.29 is 36.5 Å². The van der Waals surface area contributed by atoms with E-state index < -0.39 is 17.6 Å². The lowest BCUT2D eigenvalue weighted by atomic mass is 9.89. The molecule has 2 saturated heterocycles. The van der Waals surface area contributed by atoms with Gasteiger partial charge >= 0.3 is 6.36 Å². The molecule has 0 unspecified atom stereocenters. The molecule has 3 fully saturated rings. The second-order valence-electron chi connectivity index (χ2n) is 11.0. The van der Waals surface area contributed by atoms with Crippen LogP contribution in [0.15, 0.2) is 35.3 Å². The zero-order valence-electron chi connectivity index (χ0n) is 23.1. The summed E-state index contributed by atoms with van der Waals surface area (Å²) in [5, 5.41) is 7.25. The molecule has 2 atom stereocenters. The topological polar surface area (TPSA) is 87.1 Å². The first-order chi connectivity index (χ1) is 20.1. The molecular formula is C28H35ClF4N4O5. The maximum Gasteiger partial charge on any atom is 0.573 e. The van der Waals surface area contributed by atoms with E-state index >= 15 is 0 Å². The summed E-state index contributed by atoms with van der Waals surface area (Å²) < 4.78 is 75.0. The molecule has 0 amide bonds. The lowest BCUT2D eigenvalue weighted by molar-refractivity contribution is -0.274. The third-order valence-corrected chi connectivity index (χ3v) is 8.32. The summed E-state index contributed by atoms with van der Waals surface area (Å²) in [7, 11) is 0. The van der Waals surface area contributed by atoms with Crippen molar-refractivity contribution in [2.75, 3.05) is 56.3 Å². The Bertz CT molecular complexity index is 1230. The zero-order valence-corrected chi connectivity index (χ0v) is 23.8. The minimum atomic E-state index is -4.77. The van der Waals surface area contributed by atoms with Crippen LogP contribution >= 0.6 is 11.6 Å². The van der Waals surface area contributed by atoms with E-state index in [9.17, 15) is 22.4 Å². The van der Waals surface area contributed by atoms with Gasteiger partial charge in [-0.25, -0.2) is 9.07 Å². The van der Waals surface area contributed by atoms with Crippen LogP contribution in [0.3, 0.4) is 0 Å². The van der Waals surface area contributed by atoms with E-state index in [-0.39, 0.29) is 47.8 Å². The quantitative estimate of drug-likeness (QED) is 0.387. The highest BCUT2D eigenvalue weighted by Crippen LogP contribution is 2.35. The molecule has 3 heterocycles. The highest BCUT2D eigenvalue weighted by molar-refractivity contribution is 6.32. The fourth-order valence-electron chi connectivity index (χ4n) is 5.82. The second-order valence-corrected chi connectivity index (χ2v) is 11.4. The maximum absolute atomic E-state index is 14.9. The second kappa shape index (κ2) is 13.4. The Hall–Kier alpha value is -2.61. The van der Waals surface area contributed by atoms with E-state index in [1.807, 2.05) is 0 Å². The Morgan fingerprint density at radius 2 is 1.88 bits per heavy atom. The van der Waals surface area contributed by atoms with Crippen LogP contribution in [0.25, 0.3) is 0 Å². The third-order valence-electron chi connectivity index (χ3n) is 7.95. The standard InChI is InChI=1S/C28H35ClF4N4O5/c29-25-24(34-17-27(30)10-1-11-40-18-27)14-35-37(26(25)38)21-4-2-19(3-5-21)36(15-23-16-39-12-13-41-23)20-6-8-22(9-7-20)42-28(31,32)33/h6-9,14,19,21,23,34H,1-5,10-13,15-18H2/t19?,21?,23-,27+/m1/s1. The molecule has 232 valence electrons. The van der Waals surface area contributed by atoms with Crippen molar-refractivity contribution in [3.8, 4) is 5.75 Å². The highest BCUT2D eigenvalue weighted by Gasteiger charge is 2.34. The molecule has 1 N–H and O–H groups in total. The van der Waals surface area contributed by atoms with Crippen LogP contribution in [0.4, 0.5) is 28.9 Å². The molecule has 9 nitrogen and oxygen atoms in total. The van der Waals surface area contributed by atoms with Gasteiger partial charge in [0, 0.05) is 24.9 Å². The van der Waals surface area contributed by atoms with Crippen LogP contribution in [0.1, 0.15) is 44.6 Å². The number of benzene rings is 1. The Labute approximate surface area is 246 Å². The number of ether oxygens (including phenoxy) is 4. The van der Waals surface area contributed by atoms with Gasteiger partial charge in [-0.3, -0.25) is 4.79 Å². The van der Waals surface area contributed by atoms with Gasteiger partial charge in [0.15, 0.2) is 5.67 Å². The highest BCUT2D eigenvalue weighted by atomic mass is 35.5. The fourth-order valence-corrected chi connectivity index (χ4v) is 6.02. The fraction of sp³-hybridized carbons (Fsp3) is 0.643. The SMILES string of the molecule is O=c1c(Cl)c(NC[C@@]2(F)CCCOC2)cnn1C1CCC(N(C[C@@H]2COCCO2)c2ccc(OC(F)(F)F)cc2)CC1. The van der Waals surface area contributed by atoms with E-state index in [2.05, 4.69) is 20.1 Å². The number of nitrogens with zero attached hydrogens (tertiary/aromatic N) is 3. The van der Waals surface area contributed by atoms with Crippen molar-refractivity contribution in [3.63, 3.8) is 0 Å². The van der Waals surface area contributed by atoms with Crippen molar-refractivity contribution in [1.29, 1.82) is 0 Å². The van der Waals surface area contributed by atoms with Crippen LogP contribution in [0, 0.1) is 0 Å². The lowest BCUT2D eigenvalue weighted by Gasteiger charge is -2.40. The molecule has 0 bridgehead atoms. The average Bonchev–Trinajstić information content (AvgIpc) is 2.98. The Morgan fingerprint density at radius 3 is 2.52 bits per heavy atom. The van der Waals surface area contributed by atoms with E-state index in [0.717, 1.165) is 5.69 Å². The number of alkyl halides is 4. The van der Waals surface area contributed by atoms with E-state index in [0.29, 0.717) is 71.5 Å². The Morgan fingerprint density at radius 1 is 1.12 bits per heavy atom. The van der Waals surface area contributed by atoms with Crippen LogP contribution in [0.2, 0.25) is 5.02 Å². The molecule has 1 aliphatic carbocycles. The number of halogens is 5. The third kappa shape index (κ3) is 7.86. The predicted molar refractivity (Wildman–Crippen MR) is 148 cm³/mol. The largest absolute Gasteiger partial charge is 0.573 e. The van der Waals surface area contributed by atoms with Crippen molar-refractivity contribution >= 4 is 23.0 Å². The molecule has 1 saturated carbocycles. The molecule has 0 spiro atoms. The smallest absolute Gasteiger partial charge is 0.406 e. The summed E-state index contributed by atoms with van der Waals surface area (Å²) >= 11 is 6.40. The number of anilines is 2. The first kappa shape index (κ1) is 30.8. The number of nitrogens with one attached hydrogen (secondary N) is 1. The van der Waals surface area contributed by atoms with E-state index in [4.69, 9.17) is 25.8 Å². The van der Waals surface area contributed by atoms with Gasteiger partial charge in [-0.15, -0.1) is 13.2 Å². The minimum absolute atomic E-state index is 0.00620. The number of rotatable bonds is 9. The molecule has 5 rings (SSSR count). The lowest BCUT2D eigenvalue weighted by Crippen LogP contribution is -2.46. The molecule has 3 aliphatic rings. The van der Waals surface area contributed by atoms with Gasteiger partial charge < -0.3 is 29.2 Å². The normalized spacial score (nSPS) is 26.9. The van der Waals surface area contributed by atoms with Crippen LogP contribution in [-0.4, -0.2) is 80.1 Å². The Balaban J connectivity index is 1.25. The predicted octanol–water partition coefficient (Wildman–Crippen LogP) is 5.13. The summed E-state index contributed by atoms with van der Waals surface area (Å²) in [6, 6.07) is 5.68. The van der Waals surface area contributed by atoms with Gasteiger partial charge in [0.05, 0.1) is 57.0 Å². The maximum atomic E-state index is 14.9. The molecule has 0 radical (unpaired) electrons. The number of hydrogen-bond acceptors (Lipinski definition) is 8. The van der Waals surface area contributed by atoms with E-state index in [1.54, 1.807) is 12.1 Å². The van der Waals surface area contributed by atoms with Crippen LogP contribution < -0.4 is 20.5 Å². The Kier molecular flexibility index (Phi) is 9.81. The van der Waals surface area contributed by atoms with E-state index in [1.165, 1.54) is 23.0 Å². The molecule has 1 aromatic heterocycles. The zero-order chi connectivity index (χ0) is 29.7.